The molecule has 2 aromatic rings. The number of carbonyl (C=O) groups excluding carboxylic acids is 1. The van der Waals surface area contributed by atoms with Crippen molar-refractivity contribution in [1.82, 2.24) is 5.32 Å². The zero-order valence-electron chi connectivity index (χ0n) is 14.2. The van der Waals surface area contributed by atoms with E-state index >= 15 is 0 Å². The fraction of sp³-hybridized carbons (Fsp3) is 0.350. The fourth-order valence-corrected chi connectivity index (χ4v) is 2.72. The number of hydrogen-bond acceptors (Lipinski definition) is 2. The second-order valence-corrected chi connectivity index (χ2v) is 6.11. The van der Waals surface area contributed by atoms with Crippen LogP contribution in [0.4, 0.5) is 0 Å². The van der Waals surface area contributed by atoms with Crippen molar-refractivity contribution in [3.63, 3.8) is 0 Å². The molecular formula is C20H24ClNO2. The number of ether oxygens (including phenoxy) is 1. The van der Waals surface area contributed by atoms with E-state index in [-0.39, 0.29) is 5.91 Å². The van der Waals surface area contributed by atoms with E-state index in [0.29, 0.717) is 6.54 Å². The average molecular weight is 346 g/mol. The molecule has 1 atom stereocenters. The predicted molar refractivity (Wildman–Crippen MR) is 98.7 cm³/mol. The van der Waals surface area contributed by atoms with E-state index in [1.54, 1.807) is 6.92 Å². The molecule has 0 aliphatic heterocycles. The quantitative estimate of drug-likeness (QED) is 0.719. The Labute approximate surface area is 149 Å². The Bertz CT molecular complexity index is 672. The lowest BCUT2D eigenvalue weighted by Gasteiger charge is -2.17. The smallest absolute Gasteiger partial charge is 0.260 e. The van der Waals surface area contributed by atoms with E-state index in [1.807, 2.05) is 48.5 Å². The molecule has 0 aliphatic carbocycles. The van der Waals surface area contributed by atoms with E-state index in [2.05, 4.69) is 12.2 Å². The van der Waals surface area contributed by atoms with Crippen molar-refractivity contribution >= 4 is 17.5 Å². The summed E-state index contributed by atoms with van der Waals surface area (Å²) in [6.07, 6.45) is 2.04. The monoisotopic (exact) mass is 345 g/mol. The summed E-state index contributed by atoms with van der Waals surface area (Å²) in [5, 5.41) is 3.70. The minimum atomic E-state index is -0.516. The summed E-state index contributed by atoms with van der Waals surface area (Å²) in [6, 6.07) is 15.6. The van der Waals surface area contributed by atoms with Gasteiger partial charge < -0.3 is 10.1 Å². The maximum atomic E-state index is 12.2. The molecule has 4 heteroatoms. The zero-order valence-corrected chi connectivity index (χ0v) is 15.0. The van der Waals surface area contributed by atoms with Gasteiger partial charge in [0.1, 0.15) is 5.75 Å². The fourth-order valence-electron chi connectivity index (χ4n) is 2.49. The average Bonchev–Trinajstić information content (AvgIpc) is 2.60. The summed E-state index contributed by atoms with van der Waals surface area (Å²) in [5.41, 5.74) is 2.21. The van der Waals surface area contributed by atoms with Gasteiger partial charge >= 0.3 is 0 Å². The molecule has 0 radical (unpaired) electrons. The van der Waals surface area contributed by atoms with Crippen LogP contribution >= 0.6 is 11.6 Å². The van der Waals surface area contributed by atoms with Gasteiger partial charge in [-0.05, 0) is 49.4 Å². The third-order valence-corrected chi connectivity index (χ3v) is 4.28. The van der Waals surface area contributed by atoms with Crippen molar-refractivity contribution < 1.29 is 9.53 Å². The lowest BCUT2D eigenvalue weighted by atomic mass is 10.1. The van der Waals surface area contributed by atoms with Gasteiger partial charge in [-0.2, -0.15) is 0 Å². The van der Waals surface area contributed by atoms with Gasteiger partial charge in [0.2, 0.25) is 0 Å². The summed E-state index contributed by atoms with van der Waals surface area (Å²) in [5.74, 6) is 0.679. The number of carbonyl (C=O) groups is 1. The van der Waals surface area contributed by atoms with Crippen molar-refractivity contribution in [2.24, 2.45) is 0 Å². The van der Waals surface area contributed by atoms with Gasteiger partial charge in [0.05, 0.1) is 0 Å². The molecular weight excluding hydrogens is 322 g/mol. The Hall–Kier alpha value is -2.00. The molecule has 0 spiro atoms. The van der Waals surface area contributed by atoms with Gasteiger partial charge in [0.15, 0.2) is 6.10 Å². The lowest BCUT2D eigenvalue weighted by molar-refractivity contribution is -0.127. The number of amides is 1. The highest BCUT2D eigenvalue weighted by Crippen LogP contribution is 2.20. The van der Waals surface area contributed by atoms with Gasteiger partial charge in [-0.3, -0.25) is 4.79 Å². The number of halogens is 1. The molecule has 1 N–H and O–H groups in total. The molecule has 1 unspecified atom stereocenters. The lowest BCUT2D eigenvalue weighted by Crippen LogP contribution is -2.37. The maximum Gasteiger partial charge on any atom is 0.260 e. The van der Waals surface area contributed by atoms with Crippen molar-refractivity contribution in [2.75, 3.05) is 6.54 Å². The van der Waals surface area contributed by atoms with Crippen molar-refractivity contribution in [3.8, 4) is 5.75 Å². The first-order valence-corrected chi connectivity index (χ1v) is 8.75. The normalized spacial score (nSPS) is 11.8. The van der Waals surface area contributed by atoms with E-state index in [9.17, 15) is 4.79 Å². The molecule has 0 saturated carbocycles. The molecule has 0 aromatic heterocycles. The molecule has 0 aliphatic rings. The van der Waals surface area contributed by atoms with Crippen LogP contribution in [0, 0.1) is 0 Å². The first-order chi connectivity index (χ1) is 11.6. The van der Waals surface area contributed by atoms with Gasteiger partial charge in [0.25, 0.3) is 5.91 Å². The standard InChI is InChI=1S/C20H24ClNO2/c1-3-16-9-5-7-13-19(16)24-15(2)20(23)22-14-8-11-17-10-4-6-12-18(17)21/h4-7,9-10,12-13,15H,3,8,11,14H2,1-2H3,(H,22,23). The van der Waals surface area contributed by atoms with Crippen molar-refractivity contribution in [3.05, 3.63) is 64.7 Å². The van der Waals surface area contributed by atoms with Crippen LogP contribution in [0.3, 0.4) is 0 Å². The van der Waals surface area contributed by atoms with Crippen LogP contribution in [-0.2, 0) is 17.6 Å². The van der Waals surface area contributed by atoms with Crippen molar-refractivity contribution in [1.29, 1.82) is 0 Å². The Morgan fingerprint density at radius 2 is 1.79 bits per heavy atom. The second kappa shape index (κ2) is 9.33. The molecule has 0 saturated heterocycles. The maximum absolute atomic E-state index is 12.2. The SMILES string of the molecule is CCc1ccccc1OC(C)C(=O)NCCCc1ccccc1Cl. The second-order valence-electron chi connectivity index (χ2n) is 5.71. The van der Waals surface area contributed by atoms with Gasteiger partial charge in [-0.15, -0.1) is 0 Å². The minimum Gasteiger partial charge on any atom is -0.481 e. The van der Waals surface area contributed by atoms with Gasteiger partial charge in [-0.1, -0.05) is 54.9 Å². The summed E-state index contributed by atoms with van der Waals surface area (Å²) in [7, 11) is 0. The van der Waals surface area contributed by atoms with Crippen LogP contribution in [0.1, 0.15) is 31.4 Å². The molecule has 2 rings (SSSR count). The van der Waals surface area contributed by atoms with Crippen LogP contribution in [0.2, 0.25) is 5.02 Å². The Morgan fingerprint density at radius 3 is 2.50 bits per heavy atom. The zero-order chi connectivity index (χ0) is 17.4. The molecule has 0 heterocycles. The first-order valence-electron chi connectivity index (χ1n) is 8.37. The first kappa shape index (κ1) is 18.3. The Kier molecular flexibility index (Phi) is 7.13. The molecule has 24 heavy (non-hydrogen) atoms. The van der Waals surface area contributed by atoms with Crippen molar-refractivity contribution in [2.45, 2.75) is 39.2 Å². The highest BCUT2D eigenvalue weighted by atomic mass is 35.5. The highest BCUT2D eigenvalue weighted by molar-refractivity contribution is 6.31. The summed E-state index contributed by atoms with van der Waals surface area (Å²) < 4.78 is 5.80. The van der Waals surface area contributed by atoms with E-state index < -0.39 is 6.10 Å². The Balaban J connectivity index is 1.77. The van der Waals surface area contributed by atoms with Crippen LogP contribution in [0.15, 0.2) is 48.5 Å². The highest BCUT2D eigenvalue weighted by Gasteiger charge is 2.15. The van der Waals surface area contributed by atoms with Crippen LogP contribution < -0.4 is 10.1 Å². The molecule has 0 bridgehead atoms. The van der Waals surface area contributed by atoms with Crippen LogP contribution in [0.5, 0.6) is 5.75 Å². The van der Waals surface area contributed by atoms with E-state index in [1.165, 1.54) is 0 Å². The summed E-state index contributed by atoms with van der Waals surface area (Å²) in [6.45, 7) is 4.45. The minimum absolute atomic E-state index is 0.0972. The van der Waals surface area contributed by atoms with Gasteiger partial charge in [-0.25, -0.2) is 0 Å². The molecule has 0 fully saturated rings. The summed E-state index contributed by atoms with van der Waals surface area (Å²) in [4.78, 5) is 12.2. The number of rotatable bonds is 8. The number of para-hydroxylation sites is 1. The molecule has 128 valence electrons. The molecule has 2 aromatic carbocycles. The van der Waals surface area contributed by atoms with Crippen LogP contribution in [-0.4, -0.2) is 18.6 Å². The van der Waals surface area contributed by atoms with E-state index in [4.69, 9.17) is 16.3 Å². The molecule has 3 nitrogen and oxygen atoms in total. The molecule has 1 amide bonds. The predicted octanol–water partition coefficient (Wildman–Crippen LogP) is 4.42. The Morgan fingerprint density at radius 1 is 1.12 bits per heavy atom. The number of nitrogens with one attached hydrogen (secondary N) is 1. The summed E-state index contributed by atoms with van der Waals surface area (Å²) >= 11 is 6.13. The third-order valence-electron chi connectivity index (χ3n) is 3.91. The largest absolute Gasteiger partial charge is 0.481 e. The van der Waals surface area contributed by atoms with E-state index in [0.717, 1.165) is 41.2 Å². The number of aryl methyl sites for hydroxylation is 2. The number of benzene rings is 2. The van der Waals surface area contributed by atoms with Gasteiger partial charge in [0, 0.05) is 11.6 Å². The third kappa shape index (κ3) is 5.27. The number of hydrogen-bond donors (Lipinski definition) is 1. The topological polar surface area (TPSA) is 38.3 Å². The van der Waals surface area contributed by atoms with Crippen LogP contribution in [0.25, 0.3) is 0 Å².